The Morgan fingerprint density at radius 1 is 1.29 bits per heavy atom. The van der Waals surface area contributed by atoms with E-state index in [0.717, 1.165) is 30.2 Å². The van der Waals surface area contributed by atoms with Crippen LogP contribution in [-0.4, -0.2) is 34.3 Å². The number of aromatic hydroxyl groups is 1. The van der Waals surface area contributed by atoms with Gasteiger partial charge in [-0.2, -0.15) is 0 Å². The van der Waals surface area contributed by atoms with Crippen molar-refractivity contribution in [1.82, 2.24) is 4.90 Å². The Kier molecular flexibility index (Phi) is 4.02. The van der Waals surface area contributed by atoms with E-state index < -0.39 is 0 Å². The molecule has 2 unspecified atom stereocenters. The standard InChI is InChI=1S/C16H18BrNO3/c17-10-6-7-12(15(20)9-10)16(21)18-8-2-4-13(18)11-3-1-5-14(11)19/h6-7,9,11,13,20H,1-5,8H2. The van der Waals surface area contributed by atoms with Gasteiger partial charge in [0, 0.05) is 29.4 Å². The molecule has 2 atom stereocenters. The summed E-state index contributed by atoms with van der Waals surface area (Å²) in [6.07, 6.45) is 4.29. The first-order valence-electron chi connectivity index (χ1n) is 7.40. The van der Waals surface area contributed by atoms with Crippen LogP contribution in [0.1, 0.15) is 42.5 Å². The number of Topliss-reactive ketones (excluding diaryl/α,β-unsaturated/α-hetero) is 1. The molecule has 0 aromatic heterocycles. The normalized spacial score (nSPS) is 25.6. The lowest BCUT2D eigenvalue weighted by Gasteiger charge is -2.29. The molecule has 1 aromatic carbocycles. The Hall–Kier alpha value is -1.36. The second-order valence-electron chi connectivity index (χ2n) is 5.83. The molecule has 1 heterocycles. The Morgan fingerprint density at radius 3 is 2.76 bits per heavy atom. The summed E-state index contributed by atoms with van der Waals surface area (Å²) in [7, 11) is 0. The molecule has 112 valence electrons. The molecule has 1 amide bonds. The molecule has 5 heteroatoms. The average Bonchev–Trinajstić information content (AvgIpc) is 3.06. The first-order chi connectivity index (χ1) is 10.1. The minimum atomic E-state index is -0.165. The van der Waals surface area contributed by atoms with Crippen molar-refractivity contribution in [1.29, 1.82) is 0 Å². The van der Waals surface area contributed by atoms with Crippen LogP contribution >= 0.6 is 15.9 Å². The van der Waals surface area contributed by atoms with Crippen molar-refractivity contribution in [3.63, 3.8) is 0 Å². The molecule has 2 fully saturated rings. The highest BCUT2D eigenvalue weighted by atomic mass is 79.9. The Balaban J connectivity index is 1.84. The third-order valence-corrected chi connectivity index (χ3v) is 5.06. The van der Waals surface area contributed by atoms with Gasteiger partial charge in [0.05, 0.1) is 5.56 Å². The first-order valence-corrected chi connectivity index (χ1v) is 8.19. The minimum absolute atomic E-state index is 0.00552. The Morgan fingerprint density at radius 2 is 2.10 bits per heavy atom. The molecule has 1 aliphatic carbocycles. The van der Waals surface area contributed by atoms with E-state index in [9.17, 15) is 14.7 Å². The van der Waals surface area contributed by atoms with E-state index in [0.29, 0.717) is 24.3 Å². The smallest absolute Gasteiger partial charge is 0.257 e. The molecular weight excluding hydrogens is 334 g/mol. The number of halogens is 1. The van der Waals surface area contributed by atoms with Crippen molar-refractivity contribution in [2.45, 2.75) is 38.1 Å². The summed E-state index contributed by atoms with van der Waals surface area (Å²) in [6.45, 7) is 0.669. The quantitative estimate of drug-likeness (QED) is 0.890. The van der Waals surface area contributed by atoms with Crippen LogP contribution in [0.15, 0.2) is 22.7 Å². The first kappa shape index (κ1) is 14.6. The second-order valence-corrected chi connectivity index (χ2v) is 6.75. The highest BCUT2D eigenvalue weighted by molar-refractivity contribution is 9.10. The van der Waals surface area contributed by atoms with Gasteiger partial charge < -0.3 is 10.0 Å². The molecule has 1 aromatic rings. The zero-order valence-corrected chi connectivity index (χ0v) is 13.3. The van der Waals surface area contributed by atoms with Crippen molar-refractivity contribution < 1.29 is 14.7 Å². The number of amides is 1. The fraction of sp³-hybridized carbons (Fsp3) is 0.500. The van der Waals surface area contributed by atoms with E-state index in [2.05, 4.69) is 15.9 Å². The van der Waals surface area contributed by atoms with Gasteiger partial charge in [0.2, 0.25) is 0 Å². The van der Waals surface area contributed by atoms with Crippen LogP contribution in [0.4, 0.5) is 0 Å². The Labute approximate surface area is 132 Å². The van der Waals surface area contributed by atoms with Gasteiger partial charge in [0.25, 0.3) is 5.91 Å². The maximum atomic E-state index is 12.7. The molecular formula is C16H18BrNO3. The van der Waals surface area contributed by atoms with Crippen LogP contribution in [0.2, 0.25) is 0 Å². The molecule has 4 nitrogen and oxygen atoms in total. The summed E-state index contributed by atoms with van der Waals surface area (Å²) in [5.74, 6) is 0.105. The topological polar surface area (TPSA) is 57.6 Å². The minimum Gasteiger partial charge on any atom is -0.507 e. The fourth-order valence-corrected chi connectivity index (χ4v) is 3.90. The number of hydrogen-bond acceptors (Lipinski definition) is 3. The number of phenols is 1. The van der Waals surface area contributed by atoms with Gasteiger partial charge in [-0.15, -0.1) is 0 Å². The van der Waals surface area contributed by atoms with Crippen LogP contribution in [0.3, 0.4) is 0 Å². The van der Waals surface area contributed by atoms with Gasteiger partial charge in [0.1, 0.15) is 11.5 Å². The molecule has 1 aliphatic heterocycles. The molecule has 0 radical (unpaired) electrons. The maximum Gasteiger partial charge on any atom is 0.257 e. The summed E-state index contributed by atoms with van der Waals surface area (Å²) in [5, 5.41) is 9.98. The average molecular weight is 352 g/mol. The number of benzene rings is 1. The van der Waals surface area contributed by atoms with Crippen LogP contribution < -0.4 is 0 Å². The van der Waals surface area contributed by atoms with Crippen LogP contribution in [0.25, 0.3) is 0 Å². The number of hydrogen-bond donors (Lipinski definition) is 1. The van der Waals surface area contributed by atoms with Crippen molar-refractivity contribution in [2.75, 3.05) is 6.54 Å². The van der Waals surface area contributed by atoms with E-state index >= 15 is 0 Å². The fourth-order valence-electron chi connectivity index (χ4n) is 3.55. The lowest BCUT2D eigenvalue weighted by Crippen LogP contribution is -2.41. The summed E-state index contributed by atoms with van der Waals surface area (Å²) in [6, 6.07) is 4.92. The number of likely N-dealkylation sites (tertiary alicyclic amines) is 1. The van der Waals surface area contributed by atoms with Gasteiger partial charge in [-0.3, -0.25) is 9.59 Å². The van der Waals surface area contributed by atoms with E-state index in [1.807, 2.05) is 0 Å². The molecule has 0 bridgehead atoms. The second kappa shape index (κ2) is 5.79. The number of phenolic OH excluding ortho intramolecular Hbond substituents is 1. The lowest BCUT2D eigenvalue weighted by atomic mass is 9.94. The molecule has 1 saturated heterocycles. The summed E-state index contributed by atoms with van der Waals surface area (Å²) >= 11 is 3.27. The molecule has 0 spiro atoms. The third kappa shape index (κ3) is 2.71. The number of ketones is 1. The monoisotopic (exact) mass is 351 g/mol. The van der Waals surface area contributed by atoms with Crippen LogP contribution in [0.5, 0.6) is 5.75 Å². The van der Waals surface area contributed by atoms with Crippen molar-refractivity contribution in [2.24, 2.45) is 5.92 Å². The number of carbonyl (C=O) groups is 2. The zero-order chi connectivity index (χ0) is 15.0. The molecule has 2 aliphatic rings. The van der Waals surface area contributed by atoms with Gasteiger partial charge in [-0.1, -0.05) is 15.9 Å². The van der Waals surface area contributed by atoms with Crippen LogP contribution in [-0.2, 0) is 4.79 Å². The summed E-state index contributed by atoms with van der Waals surface area (Å²) in [5.41, 5.74) is 0.315. The summed E-state index contributed by atoms with van der Waals surface area (Å²) < 4.78 is 0.737. The predicted octanol–water partition coefficient (Wildman–Crippen LogP) is 3.13. The predicted molar refractivity (Wildman–Crippen MR) is 82.2 cm³/mol. The van der Waals surface area contributed by atoms with Gasteiger partial charge >= 0.3 is 0 Å². The van der Waals surface area contributed by atoms with Crippen LogP contribution in [0, 0.1) is 5.92 Å². The highest BCUT2D eigenvalue weighted by Crippen LogP contribution is 2.35. The van der Waals surface area contributed by atoms with Crippen molar-refractivity contribution in [3.05, 3.63) is 28.2 Å². The van der Waals surface area contributed by atoms with Gasteiger partial charge in [-0.25, -0.2) is 0 Å². The lowest BCUT2D eigenvalue weighted by molar-refractivity contribution is -0.121. The third-order valence-electron chi connectivity index (χ3n) is 4.57. The zero-order valence-electron chi connectivity index (χ0n) is 11.7. The van der Waals surface area contributed by atoms with E-state index in [-0.39, 0.29) is 23.6 Å². The number of nitrogens with zero attached hydrogens (tertiary/aromatic N) is 1. The SMILES string of the molecule is O=C1CCCC1C1CCCN1C(=O)c1ccc(Br)cc1O. The van der Waals surface area contributed by atoms with Crippen molar-refractivity contribution in [3.8, 4) is 5.75 Å². The van der Waals surface area contributed by atoms with E-state index in [1.165, 1.54) is 6.07 Å². The van der Waals surface area contributed by atoms with E-state index in [1.54, 1.807) is 17.0 Å². The number of rotatable bonds is 2. The molecule has 1 saturated carbocycles. The van der Waals surface area contributed by atoms with Gasteiger partial charge in [-0.05, 0) is 43.9 Å². The number of carbonyl (C=O) groups excluding carboxylic acids is 2. The maximum absolute atomic E-state index is 12.7. The van der Waals surface area contributed by atoms with E-state index in [4.69, 9.17) is 0 Å². The highest BCUT2D eigenvalue weighted by Gasteiger charge is 2.40. The molecule has 3 rings (SSSR count). The Bertz CT molecular complexity index is 587. The molecule has 21 heavy (non-hydrogen) atoms. The van der Waals surface area contributed by atoms with Crippen molar-refractivity contribution >= 4 is 27.6 Å². The molecule has 1 N–H and O–H groups in total. The summed E-state index contributed by atoms with van der Waals surface area (Å²) in [4.78, 5) is 26.5. The largest absolute Gasteiger partial charge is 0.507 e. The van der Waals surface area contributed by atoms with Gasteiger partial charge in [0.15, 0.2) is 0 Å².